The summed E-state index contributed by atoms with van der Waals surface area (Å²) in [6.45, 7) is 10.6. The van der Waals surface area contributed by atoms with Gasteiger partial charge in [-0.05, 0) is 38.8 Å². The zero-order valence-corrected chi connectivity index (χ0v) is 13.0. The molecule has 0 amide bonds. The van der Waals surface area contributed by atoms with Gasteiger partial charge < -0.3 is 15.0 Å². The van der Waals surface area contributed by atoms with E-state index in [1.165, 1.54) is 32.4 Å². The SMILES string of the molecule is CC1CN(C)CCC1NC1C2CCCOC2C1(C)C. The Hall–Kier alpha value is -0.120. The summed E-state index contributed by atoms with van der Waals surface area (Å²) in [5.41, 5.74) is 0.314. The molecule has 3 heteroatoms. The average Bonchev–Trinajstić information content (AvgIpc) is 2.37. The van der Waals surface area contributed by atoms with Crippen LogP contribution in [0, 0.1) is 17.3 Å². The third-order valence-corrected chi connectivity index (χ3v) is 5.83. The summed E-state index contributed by atoms with van der Waals surface area (Å²) in [6, 6.07) is 1.36. The lowest BCUT2D eigenvalue weighted by Gasteiger charge is -2.61. The van der Waals surface area contributed by atoms with Gasteiger partial charge in [-0.25, -0.2) is 0 Å². The zero-order valence-electron chi connectivity index (χ0n) is 13.0. The van der Waals surface area contributed by atoms with E-state index in [1.54, 1.807) is 0 Å². The van der Waals surface area contributed by atoms with Crippen LogP contribution in [-0.4, -0.2) is 49.8 Å². The molecule has 5 unspecified atom stereocenters. The minimum atomic E-state index is 0.314. The van der Waals surface area contributed by atoms with Crippen molar-refractivity contribution >= 4 is 0 Å². The Morgan fingerprint density at radius 2 is 2.05 bits per heavy atom. The van der Waals surface area contributed by atoms with Gasteiger partial charge in [0.05, 0.1) is 6.10 Å². The van der Waals surface area contributed by atoms with E-state index in [-0.39, 0.29) is 0 Å². The molecule has 19 heavy (non-hydrogen) atoms. The first-order valence-corrected chi connectivity index (χ1v) is 8.06. The smallest absolute Gasteiger partial charge is 0.0684 e. The third kappa shape index (κ3) is 2.34. The first kappa shape index (κ1) is 13.8. The van der Waals surface area contributed by atoms with Crippen molar-refractivity contribution in [2.24, 2.45) is 17.3 Å². The molecule has 0 spiro atoms. The summed E-state index contributed by atoms with van der Waals surface area (Å²) < 4.78 is 6.01. The monoisotopic (exact) mass is 266 g/mol. The van der Waals surface area contributed by atoms with Crippen LogP contribution in [0.4, 0.5) is 0 Å². The lowest BCUT2D eigenvalue weighted by atomic mass is 9.55. The fraction of sp³-hybridized carbons (Fsp3) is 1.00. The van der Waals surface area contributed by atoms with Crippen molar-refractivity contribution in [3.8, 4) is 0 Å². The Bertz CT molecular complexity index is 331. The van der Waals surface area contributed by atoms with Crippen LogP contribution in [0.2, 0.25) is 0 Å². The summed E-state index contributed by atoms with van der Waals surface area (Å²) in [5, 5.41) is 4.01. The van der Waals surface area contributed by atoms with E-state index in [4.69, 9.17) is 4.74 Å². The molecule has 0 aromatic heterocycles. The number of hydrogen-bond donors (Lipinski definition) is 1. The van der Waals surface area contributed by atoms with Gasteiger partial charge in [-0.1, -0.05) is 20.8 Å². The molecule has 1 N–H and O–H groups in total. The molecule has 3 fully saturated rings. The summed E-state index contributed by atoms with van der Waals surface area (Å²) in [5.74, 6) is 1.52. The van der Waals surface area contributed by atoms with E-state index in [2.05, 4.69) is 38.0 Å². The average molecular weight is 266 g/mol. The highest BCUT2D eigenvalue weighted by Gasteiger charge is 2.58. The molecule has 0 aromatic rings. The van der Waals surface area contributed by atoms with E-state index in [1.807, 2.05) is 0 Å². The quantitative estimate of drug-likeness (QED) is 0.828. The van der Waals surface area contributed by atoms with Gasteiger partial charge in [0.25, 0.3) is 0 Å². The van der Waals surface area contributed by atoms with Crippen molar-refractivity contribution in [2.45, 2.75) is 58.2 Å². The maximum absolute atomic E-state index is 6.01. The Balaban J connectivity index is 1.63. The minimum Gasteiger partial charge on any atom is -0.377 e. The summed E-state index contributed by atoms with van der Waals surface area (Å²) in [4.78, 5) is 2.46. The zero-order chi connectivity index (χ0) is 13.6. The van der Waals surface area contributed by atoms with Crippen LogP contribution >= 0.6 is 0 Å². The molecule has 3 nitrogen and oxygen atoms in total. The first-order chi connectivity index (χ1) is 9.00. The largest absolute Gasteiger partial charge is 0.377 e. The van der Waals surface area contributed by atoms with Gasteiger partial charge in [0.1, 0.15) is 0 Å². The highest BCUT2D eigenvalue weighted by Crippen LogP contribution is 2.51. The molecule has 1 saturated carbocycles. The number of ether oxygens (including phenoxy) is 1. The van der Waals surface area contributed by atoms with Crippen LogP contribution in [0.3, 0.4) is 0 Å². The van der Waals surface area contributed by atoms with E-state index in [0.29, 0.717) is 23.6 Å². The van der Waals surface area contributed by atoms with Crippen molar-refractivity contribution in [1.82, 2.24) is 10.2 Å². The number of piperidine rings is 1. The van der Waals surface area contributed by atoms with Crippen LogP contribution in [0.15, 0.2) is 0 Å². The van der Waals surface area contributed by atoms with Crippen molar-refractivity contribution in [3.63, 3.8) is 0 Å². The molecule has 0 bridgehead atoms. The summed E-state index contributed by atoms with van der Waals surface area (Å²) in [7, 11) is 2.24. The molecule has 0 radical (unpaired) electrons. The number of fused-ring (bicyclic) bond motifs is 1. The fourth-order valence-electron chi connectivity index (χ4n) is 4.69. The van der Waals surface area contributed by atoms with Crippen LogP contribution in [0.25, 0.3) is 0 Å². The maximum atomic E-state index is 6.01. The highest BCUT2D eigenvalue weighted by molar-refractivity contribution is 5.11. The standard InChI is InChI=1S/C16H30N2O/c1-11-10-18(4)8-7-13(11)17-14-12-6-5-9-19-15(12)16(14,2)3/h11-15,17H,5-10H2,1-4H3. The Morgan fingerprint density at radius 3 is 2.79 bits per heavy atom. The number of rotatable bonds is 2. The van der Waals surface area contributed by atoms with Gasteiger partial charge in [-0.2, -0.15) is 0 Å². The molecule has 5 atom stereocenters. The molecule has 3 rings (SSSR count). The third-order valence-electron chi connectivity index (χ3n) is 5.83. The number of nitrogens with zero attached hydrogens (tertiary/aromatic N) is 1. The predicted octanol–water partition coefficient (Wildman–Crippen LogP) is 2.12. The van der Waals surface area contributed by atoms with Crippen molar-refractivity contribution in [1.29, 1.82) is 0 Å². The Morgan fingerprint density at radius 1 is 1.26 bits per heavy atom. The number of likely N-dealkylation sites (tertiary alicyclic amines) is 1. The topological polar surface area (TPSA) is 24.5 Å². The Labute approximate surface area is 118 Å². The molecule has 2 heterocycles. The fourth-order valence-corrected chi connectivity index (χ4v) is 4.69. The van der Waals surface area contributed by atoms with Crippen molar-refractivity contribution in [3.05, 3.63) is 0 Å². The molecule has 110 valence electrons. The first-order valence-electron chi connectivity index (χ1n) is 8.06. The second kappa shape index (κ2) is 5.01. The van der Waals surface area contributed by atoms with E-state index in [9.17, 15) is 0 Å². The summed E-state index contributed by atoms with van der Waals surface area (Å²) >= 11 is 0. The lowest BCUT2D eigenvalue weighted by molar-refractivity contribution is -0.196. The van der Waals surface area contributed by atoms with E-state index >= 15 is 0 Å². The molecule has 3 aliphatic rings. The van der Waals surface area contributed by atoms with Gasteiger partial charge in [-0.3, -0.25) is 0 Å². The number of hydrogen-bond acceptors (Lipinski definition) is 3. The maximum Gasteiger partial charge on any atom is 0.0684 e. The minimum absolute atomic E-state index is 0.314. The van der Waals surface area contributed by atoms with Crippen molar-refractivity contribution in [2.75, 3.05) is 26.7 Å². The molecule has 1 aliphatic carbocycles. The van der Waals surface area contributed by atoms with Crippen LogP contribution in [-0.2, 0) is 4.74 Å². The molecule has 2 aliphatic heterocycles. The van der Waals surface area contributed by atoms with Gasteiger partial charge in [0, 0.05) is 36.6 Å². The van der Waals surface area contributed by atoms with E-state index < -0.39 is 0 Å². The molecule has 2 saturated heterocycles. The second-order valence-electron chi connectivity index (χ2n) is 7.70. The molecular weight excluding hydrogens is 236 g/mol. The van der Waals surface area contributed by atoms with Gasteiger partial charge in [0.2, 0.25) is 0 Å². The van der Waals surface area contributed by atoms with Crippen LogP contribution in [0.5, 0.6) is 0 Å². The molecule has 0 aromatic carbocycles. The van der Waals surface area contributed by atoms with E-state index in [0.717, 1.165) is 18.4 Å². The highest BCUT2D eigenvalue weighted by atomic mass is 16.5. The van der Waals surface area contributed by atoms with Crippen molar-refractivity contribution < 1.29 is 4.74 Å². The van der Waals surface area contributed by atoms with Gasteiger partial charge in [0.15, 0.2) is 0 Å². The normalized spacial score (nSPS) is 46.4. The van der Waals surface area contributed by atoms with Crippen LogP contribution in [0.1, 0.15) is 40.0 Å². The van der Waals surface area contributed by atoms with Crippen LogP contribution < -0.4 is 5.32 Å². The molecular formula is C16H30N2O. The predicted molar refractivity (Wildman–Crippen MR) is 78.2 cm³/mol. The Kier molecular flexibility index (Phi) is 3.65. The summed E-state index contributed by atoms with van der Waals surface area (Å²) in [6.07, 6.45) is 4.40. The van der Waals surface area contributed by atoms with Gasteiger partial charge in [-0.15, -0.1) is 0 Å². The number of nitrogens with one attached hydrogen (secondary N) is 1. The second-order valence-corrected chi connectivity index (χ2v) is 7.70. The lowest BCUT2D eigenvalue weighted by Crippen LogP contribution is -2.71. The van der Waals surface area contributed by atoms with Gasteiger partial charge >= 0.3 is 0 Å².